The second-order valence-electron chi connectivity index (χ2n) is 6.70. The maximum Gasteiger partial charge on any atom is 0.335 e. The molecule has 0 saturated heterocycles. The Bertz CT molecular complexity index is 1170. The molecule has 0 fully saturated rings. The van der Waals surface area contributed by atoms with Crippen molar-refractivity contribution in [3.05, 3.63) is 83.4 Å². The molecule has 0 radical (unpaired) electrons. The van der Waals surface area contributed by atoms with E-state index in [0.717, 1.165) is 0 Å². The maximum absolute atomic E-state index is 12.8. The van der Waals surface area contributed by atoms with Crippen molar-refractivity contribution in [3.8, 4) is 11.5 Å². The monoisotopic (exact) mass is 418 g/mol. The minimum Gasteiger partial charge on any atom is -0.486 e. The predicted molar refractivity (Wildman–Crippen MR) is 113 cm³/mol. The molecule has 0 spiro atoms. The Morgan fingerprint density at radius 3 is 2.32 bits per heavy atom. The molecule has 156 valence electrons. The Balaban J connectivity index is 1.53. The van der Waals surface area contributed by atoms with E-state index >= 15 is 0 Å². The highest BCUT2D eigenvalue weighted by Crippen LogP contribution is 2.31. The van der Waals surface area contributed by atoms with Gasteiger partial charge < -0.3 is 25.2 Å². The zero-order valence-corrected chi connectivity index (χ0v) is 16.3. The number of ether oxygens (including phenoxy) is 2. The lowest BCUT2D eigenvalue weighted by atomic mass is 10.1. The minimum atomic E-state index is -1.09. The number of carboxylic acids is 1. The molecule has 0 saturated carbocycles. The number of nitrogens with one attached hydrogen (secondary N) is 2. The molecule has 0 aliphatic carbocycles. The van der Waals surface area contributed by atoms with Crippen LogP contribution in [-0.4, -0.2) is 36.1 Å². The number of rotatable bonds is 5. The van der Waals surface area contributed by atoms with Gasteiger partial charge in [-0.1, -0.05) is 18.2 Å². The first kappa shape index (κ1) is 20.0. The van der Waals surface area contributed by atoms with Gasteiger partial charge in [0.05, 0.1) is 16.8 Å². The third-order valence-corrected chi connectivity index (χ3v) is 4.59. The Hall–Kier alpha value is -4.33. The second-order valence-corrected chi connectivity index (χ2v) is 6.70. The first-order valence-electron chi connectivity index (χ1n) is 9.46. The van der Waals surface area contributed by atoms with E-state index in [1.54, 1.807) is 48.5 Å². The third kappa shape index (κ3) is 4.48. The van der Waals surface area contributed by atoms with E-state index < -0.39 is 17.8 Å². The number of aromatic carboxylic acids is 1. The molecule has 8 heteroatoms. The number of carbonyl (C=O) groups excluding carboxylic acids is 2. The molecular weight excluding hydrogens is 400 g/mol. The van der Waals surface area contributed by atoms with Crippen molar-refractivity contribution in [2.24, 2.45) is 0 Å². The summed E-state index contributed by atoms with van der Waals surface area (Å²) in [5, 5.41) is 14.5. The van der Waals surface area contributed by atoms with E-state index in [-0.39, 0.29) is 11.1 Å². The molecule has 1 heterocycles. The summed E-state index contributed by atoms with van der Waals surface area (Å²) in [5.74, 6) is -0.927. The van der Waals surface area contributed by atoms with Gasteiger partial charge in [-0.3, -0.25) is 9.59 Å². The molecule has 0 bridgehead atoms. The molecule has 3 aromatic carbocycles. The Labute approximate surface area is 177 Å². The van der Waals surface area contributed by atoms with Gasteiger partial charge in [0.15, 0.2) is 11.5 Å². The van der Waals surface area contributed by atoms with Crippen molar-refractivity contribution in [1.29, 1.82) is 0 Å². The number of para-hydroxylation sites is 1. The molecular formula is C23H18N2O6. The molecule has 31 heavy (non-hydrogen) atoms. The summed E-state index contributed by atoms with van der Waals surface area (Å²) in [6, 6.07) is 17.3. The predicted octanol–water partition coefficient (Wildman–Crippen LogP) is 3.66. The van der Waals surface area contributed by atoms with Crippen LogP contribution in [0.3, 0.4) is 0 Å². The van der Waals surface area contributed by atoms with E-state index in [1.165, 1.54) is 18.2 Å². The van der Waals surface area contributed by atoms with E-state index in [1.807, 2.05) is 0 Å². The van der Waals surface area contributed by atoms with E-state index in [9.17, 15) is 14.4 Å². The molecule has 0 atom stereocenters. The quantitative estimate of drug-likeness (QED) is 0.583. The van der Waals surface area contributed by atoms with Crippen LogP contribution in [-0.2, 0) is 0 Å². The lowest BCUT2D eigenvalue weighted by molar-refractivity contribution is 0.0696. The molecule has 2 amide bonds. The second kappa shape index (κ2) is 8.58. The highest BCUT2D eigenvalue weighted by molar-refractivity contribution is 6.12. The molecule has 8 nitrogen and oxygen atoms in total. The average Bonchev–Trinajstić information content (AvgIpc) is 2.79. The first-order chi connectivity index (χ1) is 15.0. The smallest absolute Gasteiger partial charge is 0.335 e. The third-order valence-electron chi connectivity index (χ3n) is 4.59. The Kier molecular flexibility index (Phi) is 5.53. The summed E-state index contributed by atoms with van der Waals surface area (Å²) in [6.07, 6.45) is 0. The topological polar surface area (TPSA) is 114 Å². The maximum atomic E-state index is 12.8. The largest absolute Gasteiger partial charge is 0.486 e. The Morgan fingerprint density at radius 1 is 0.742 bits per heavy atom. The number of carboxylic acid groups (broad SMARTS) is 1. The number of fused-ring (bicyclic) bond motifs is 1. The van der Waals surface area contributed by atoms with Gasteiger partial charge >= 0.3 is 5.97 Å². The van der Waals surface area contributed by atoms with Crippen LogP contribution in [0.15, 0.2) is 66.7 Å². The highest BCUT2D eigenvalue weighted by Gasteiger charge is 2.18. The van der Waals surface area contributed by atoms with Crippen LogP contribution in [0, 0.1) is 0 Å². The molecule has 0 aromatic heterocycles. The van der Waals surface area contributed by atoms with Crippen LogP contribution in [0.5, 0.6) is 11.5 Å². The van der Waals surface area contributed by atoms with E-state index in [4.69, 9.17) is 14.6 Å². The summed E-state index contributed by atoms with van der Waals surface area (Å²) in [6.45, 7) is 0.862. The van der Waals surface area contributed by atoms with Crippen LogP contribution in [0.4, 0.5) is 11.4 Å². The fourth-order valence-electron chi connectivity index (χ4n) is 3.10. The fraction of sp³-hybridized carbons (Fsp3) is 0.0870. The van der Waals surface area contributed by atoms with Crippen LogP contribution in [0.1, 0.15) is 31.1 Å². The SMILES string of the molecule is O=C(O)c1cccc(NC(=O)c2ccccc2NC(=O)c2ccc3c(c2)OCCO3)c1. The van der Waals surface area contributed by atoms with Gasteiger partial charge in [0, 0.05) is 11.3 Å². The van der Waals surface area contributed by atoms with Gasteiger partial charge in [-0.15, -0.1) is 0 Å². The molecule has 3 aromatic rings. The highest BCUT2D eigenvalue weighted by atomic mass is 16.6. The van der Waals surface area contributed by atoms with Gasteiger partial charge in [-0.05, 0) is 48.5 Å². The Morgan fingerprint density at radius 2 is 1.52 bits per heavy atom. The van der Waals surface area contributed by atoms with Gasteiger partial charge in [0.1, 0.15) is 13.2 Å². The van der Waals surface area contributed by atoms with E-state index in [0.29, 0.717) is 41.7 Å². The van der Waals surface area contributed by atoms with Crippen molar-refractivity contribution < 1.29 is 29.0 Å². The van der Waals surface area contributed by atoms with E-state index in [2.05, 4.69) is 10.6 Å². The van der Waals surface area contributed by atoms with Crippen LogP contribution < -0.4 is 20.1 Å². The molecule has 3 N–H and O–H groups in total. The van der Waals surface area contributed by atoms with Gasteiger partial charge in [0.2, 0.25) is 0 Å². The van der Waals surface area contributed by atoms with Crippen molar-refractivity contribution >= 4 is 29.2 Å². The summed E-state index contributed by atoms with van der Waals surface area (Å²) in [4.78, 5) is 36.7. The molecule has 1 aliphatic heterocycles. The lowest BCUT2D eigenvalue weighted by Crippen LogP contribution is -2.19. The minimum absolute atomic E-state index is 0.0537. The summed E-state index contributed by atoms with van der Waals surface area (Å²) < 4.78 is 11.0. The van der Waals surface area contributed by atoms with Crippen LogP contribution in [0.2, 0.25) is 0 Å². The first-order valence-corrected chi connectivity index (χ1v) is 9.46. The fourth-order valence-corrected chi connectivity index (χ4v) is 3.10. The van der Waals surface area contributed by atoms with Crippen LogP contribution >= 0.6 is 0 Å². The van der Waals surface area contributed by atoms with Crippen molar-refractivity contribution in [1.82, 2.24) is 0 Å². The lowest BCUT2D eigenvalue weighted by Gasteiger charge is -2.19. The number of hydrogen-bond acceptors (Lipinski definition) is 5. The normalized spacial score (nSPS) is 12.0. The number of amides is 2. The average molecular weight is 418 g/mol. The van der Waals surface area contributed by atoms with Gasteiger partial charge in [0.25, 0.3) is 11.8 Å². The standard InChI is InChI=1S/C23H18N2O6/c26-21(14-8-9-19-20(13-14)31-11-10-30-19)25-18-7-2-1-6-17(18)22(27)24-16-5-3-4-15(12-16)23(28)29/h1-9,12-13H,10-11H2,(H,24,27)(H,25,26)(H,28,29). The van der Waals surface area contributed by atoms with Crippen molar-refractivity contribution in [2.45, 2.75) is 0 Å². The summed E-state index contributed by atoms with van der Waals surface area (Å²) >= 11 is 0. The number of carbonyl (C=O) groups is 3. The molecule has 1 aliphatic rings. The number of benzene rings is 3. The van der Waals surface area contributed by atoms with Crippen molar-refractivity contribution in [3.63, 3.8) is 0 Å². The summed E-state index contributed by atoms with van der Waals surface area (Å²) in [5.41, 5.74) is 1.29. The number of anilines is 2. The van der Waals surface area contributed by atoms with Crippen LogP contribution in [0.25, 0.3) is 0 Å². The molecule has 4 rings (SSSR count). The molecule has 0 unspecified atom stereocenters. The zero-order valence-electron chi connectivity index (χ0n) is 16.3. The van der Waals surface area contributed by atoms with Gasteiger partial charge in [-0.2, -0.15) is 0 Å². The number of hydrogen-bond donors (Lipinski definition) is 3. The summed E-state index contributed by atoms with van der Waals surface area (Å²) in [7, 11) is 0. The van der Waals surface area contributed by atoms with Gasteiger partial charge in [-0.25, -0.2) is 4.79 Å². The zero-order chi connectivity index (χ0) is 21.8. The van der Waals surface area contributed by atoms with Crippen molar-refractivity contribution in [2.75, 3.05) is 23.8 Å².